The first-order valence-electron chi connectivity index (χ1n) is 11.7. The highest BCUT2D eigenvalue weighted by molar-refractivity contribution is 6.12. The number of likely N-dealkylation sites (N-methyl/N-ethyl adjacent to an activating group) is 1. The number of carbonyl (C=O) groups is 1. The topological polar surface area (TPSA) is 175 Å². The largest absolute Gasteiger partial charge is 0.404 e. The number of carbonyl (C=O) groups excluding carboxylic acids is 1. The molecule has 0 aliphatic heterocycles. The number of rotatable bonds is 11. The summed E-state index contributed by atoms with van der Waals surface area (Å²) in [6, 6.07) is 3.60. The summed E-state index contributed by atoms with van der Waals surface area (Å²) >= 11 is 0. The van der Waals surface area contributed by atoms with Crippen LogP contribution >= 0.6 is 0 Å². The standard InChI is InChI=1S/C24H39N7O2.H3N.2H2/c1-4-28-20(14-26)24(32)30-21(18-9-7-5-6-8-10-18)16-33-31-22-12-11-19(15-29-22)23(27-3)17(2)13-25;;;/h11-15,18,21,28H,4-10,16,25-26H2,1-3H3,(H,29,31)(H,30,32);1H3;2*1H/b17-13-,20-14-,27-23?;;;/t21-;;;/m1.../s1. The highest BCUT2D eigenvalue weighted by Gasteiger charge is 2.26. The fourth-order valence-electron chi connectivity index (χ4n) is 4.07. The lowest BCUT2D eigenvalue weighted by Crippen LogP contribution is -2.46. The molecule has 1 aromatic rings. The van der Waals surface area contributed by atoms with E-state index >= 15 is 0 Å². The van der Waals surface area contributed by atoms with Gasteiger partial charge in [0.15, 0.2) is 0 Å². The number of aromatic nitrogens is 1. The molecule has 0 radical (unpaired) electrons. The molecule has 1 saturated carbocycles. The minimum Gasteiger partial charge on any atom is -0.404 e. The first-order chi connectivity index (χ1) is 16.0. The number of amides is 1. The monoisotopic (exact) mass is 478 g/mol. The molecule has 1 aromatic heterocycles. The molecule has 10 N–H and O–H groups in total. The van der Waals surface area contributed by atoms with E-state index in [1.165, 1.54) is 25.2 Å². The molecule has 10 heteroatoms. The summed E-state index contributed by atoms with van der Waals surface area (Å²) in [6.07, 6.45) is 11.5. The van der Waals surface area contributed by atoms with Crippen LogP contribution in [0.4, 0.5) is 5.82 Å². The molecule has 1 heterocycles. The highest BCUT2D eigenvalue weighted by atomic mass is 16.6. The Bertz CT molecular complexity index is 839. The van der Waals surface area contributed by atoms with Gasteiger partial charge in [0, 0.05) is 34.4 Å². The number of nitrogens with one attached hydrogen (secondary N) is 3. The number of hydrogen-bond acceptors (Lipinski definition) is 9. The molecular weight excluding hydrogens is 432 g/mol. The van der Waals surface area contributed by atoms with Crippen LogP contribution in [-0.4, -0.2) is 42.8 Å². The smallest absolute Gasteiger partial charge is 0.269 e. The quantitative estimate of drug-likeness (QED) is 0.122. The first kappa shape index (κ1) is 28.9. The molecule has 0 bridgehead atoms. The molecule has 1 aliphatic rings. The van der Waals surface area contributed by atoms with E-state index in [0.29, 0.717) is 30.6 Å². The fourth-order valence-corrected chi connectivity index (χ4v) is 4.07. The van der Waals surface area contributed by atoms with Crippen LogP contribution in [0, 0.1) is 5.92 Å². The number of nitrogens with zero attached hydrogens (tertiary/aromatic N) is 2. The van der Waals surface area contributed by atoms with Crippen molar-refractivity contribution < 1.29 is 12.5 Å². The molecule has 0 aromatic carbocycles. The van der Waals surface area contributed by atoms with Gasteiger partial charge in [0.1, 0.15) is 11.5 Å². The Morgan fingerprint density at radius 2 is 1.97 bits per heavy atom. The van der Waals surface area contributed by atoms with E-state index in [9.17, 15) is 4.79 Å². The van der Waals surface area contributed by atoms with Crippen molar-refractivity contribution in [2.75, 3.05) is 25.7 Å². The minimum absolute atomic E-state index is 0. The third kappa shape index (κ3) is 8.68. The number of aliphatic imine (C=N–C) groups is 1. The zero-order valence-electron chi connectivity index (χ0n) is 20.8. The van der Waals surface area contributed by atoms with Gasteiger partial charge in [-0.05, 0) is 56.5 Å². The lowest BCUT2D eigenvalue weighted by Gasteiger charge is -2.27. The summed E-state index contributed by atoms with van der Waals surface area (Å²) in [7, 11) is 1.72. The van der Waals surface area contributed by atoms with Crippen LogP contribution in [0.1, 0.15) is 60.8 Å². The fraction of sp³-hybridized carbons (Fsp3) is 0.542. The number of hydrogen-bond donors (Lipinski definition) is 6. The van der Waals surface area contributed by atoms with Crippen LogP contribution in [0.15, 0.2) is 47.0 Å². The van der Waals surface area contributed by atoms with E-state index in [4.69, 9.17) is 16.3 Å². The van der Waals surface area contributed by atoms with Crippen LogP contribution in [0.25, 0.3) is 0 Å². The lowest BCUT2D eigenvalue weighted by molar-refractivity contribution is -0.119. The Kier molecular flexibility index (Phi) is 13.3. The van der Waals surface area contributed by atoms with Crippen molar-refractivity contribution >= 4 is 17.4 Å². The third-order valence-corrected chi connectivity index (χ3v) is 5.89. The Morgan fingerprint density at radius 1 is 1.26 bits per heavy atom. The molecule has 0 saturated heterocycles. The van der Waals surface area contributed by atoms with Gasteiger partial charge in [0.2, 0.25) is 0 Å². The van der Waals surface area contributed by atoms with Crippen LogP contribution in [0.5, 0.6) is 0 Å². The van der Waals surface area contributed by atoms with Crippen LogP contribution < -0.4 is 33.7 Å². The van der Waals surface area contributed by atoms with Crippen molar-refractivity contribution in [2.45, 2.75) is 58.4 Å². The van der Waals surface area contributed by atoms with Gasteiger partial charge in [-0.2, -0.15) is 0 Å². The van der Waals surface area contributed by atoms with E-state index in [1.54, 1.807) is 13.2 Å². The summed E-state index contributed by atoms with van der Waals surface area (Å²) in [5.74, 6) is 0.711. The van der Waals surface area contributed by atoms with E-state index in [2.05, 4.69) is 26.1 Å². The van der Waals surface area contributed by atoms with E-state index < -0.39 is 0 Å². The normalized spacial score (nSPS) is 16.7. The molecule has 1 amide bonds. The van der Waals surface area contributed by atoms with Crippen LogP contribution in [0.3, 0.4) is 0 Å². The second-order valence-electron chi connectivity index (χ2n) is 8.21. The molecule has 1 fully saturated rings. The molecule has 10 nitrogen and oxygen atoms in total. The minimum atomic E-state index is -0.214. The molecular formula is C24H46N8O2. The molecule has 1 atom stereocenters. The summed E-state index contributed by atoms with van der Waals surface area (Å²) in [6.45, 7) is 4.77. The Labute approximate surface area is 206 Å². The lowest BCUT2D eigenvalue weighted by atomic mass is 9.92. The van der Waals surface area contributed by atoms with Gasteiger partial charge in [0.25, 0.3) is 5.91 Å². The van der Waals surface area contributed by atoms with Crippen molar-refractivity contribution in [2.24, 2.45) is 22.4 Å². The summed E-state index contributed by atoms with van der Waals surface area (Å²) in [4.78, 5) is 27.2. The average molecular weight is 479 g/mol. The second kappa shape index (κ2) is 15.7. The molecule has 0 spiro atoms. The molecule has 194 valence electrons. The average Bonchev–Trinajstić information content (AvgIpc) is 3.12. The van der Waals surface area contributed by atoms with Crippen molar-refractivity contribution in [3.05, 3.63) is 47.6 Å². The van der Waals surface area contributed by atoms with Gasteiger partial charge in [0.05, 0.1) is 18.4 Å². The molecule has 34 heavy (non-hydrogen) atoms. The van der Waals surface area contributed by atoms with Crippen molar-refractivity contribution in [1.82, 2.24) is 21.8 Å². The van der Waals surface area contributed by atoms with Gasteiger partial charge in [-0.1, -0.05) is 25.7 Å². The second-order valence-corrected chi connectivity index (χ2v) is 8.21. The third-order valence-electron chi connectivity index (χ3n) is 5.89. The maximum atomic E-state index is 12.7. The zero-order chi connectivity index (χ0) is 24.1. The Hall–Kier alpha value is -3.11. The maximum Gasteiger partial charge on any atom is 0.269 e. The van der Waals surface area contributed by atoms with Crippen molar-refractivity contribution in [3.8, 4) is 0 Å². The zero-order valence-corrected chi connectivity index (χ0v) is 20.8. The van der Waals surface area contributed by atoms with Crippen molar-refractivity contribution in [1.29, 1.82) is 0 Å². The summed E-state index contributed by atoms with van der Waals surface area (Å²) in [5.41, 5.74) is 17.1. The van der Waals surface area contributed by atoms with Gasteiger partial charge >= 0.3 is 0 Å². The van der Waals surface area contributed by atoms with Gasteiger partial charge < -0.3 is 28.3 Å². The van der Waals surface area contributed by atoms with E-state index in [0.717, 1.165) is 42.5 Å². The number of pyridine rings is 1. The molecule has 1 aliphatic carbocycles. The van der Waals surface area contributed by atoms with Gasteiger partial charge in [-0.25, -0.2) is 10.5 Å². The predicted molar refractivity (Wildman–Crippen MR) is 143 cm³/mol. The molecule has 0 unspecified atom stereocenters. The summed E-state index contributed by atoms with van der Waals surface area (Å²) < 4.78 is 0. The first-order valence-corrected chi connectivity index (χ1v) is 11.7. The van der Waals surface area contributed by atoms with E-state index in [-0.39, 0.29) is 21.0 Å². The Balaban J connectivity index is 0. The maximum absolute atomic E-state index is 12.7. The number of anilines is 1. The van der Waals surface area contributed by atoms with Crippen LogP contribution in [-0.2, 0) is 9.63 Å². The van der Waals surface area contributed by atoms with Gasteiger partial charge in [-0.15, -0.1) is 0 Å². The van der Waals surface area contributed by atoms with Gasteiger partial charge in [-0.3, -0.25) is 14.6 Å². The predicted octanol–water partition coefficient (Wildman–Crippen LogP) is 3.23. The van der Waals surface area contributed by atoms with Crippen molar-refractivity contribution in [3.63, 3.8) is 0 Å². The van der Waals surface area contributed by atoms with Crippen LogP contribution in [0.2, 0.25) is 0 Å². The number of allylic oxidation sites excluding steroid dienone is 1. The molecule has 2 rings (SSSR count). The highest BCUT2D eigenvalue weighted by Crippen LogP contribution is 2.26. The number of nitrogens with two attached hydrogens (primary N) is 2. The Morgan fingerprint density at radius 3 is 2.50 bits per heavy atom. The SMILES string of the molecule is CCN/C(=C\N)C(=O)N[C@H](CONc1ccc(C(=NC)/C(C)=C\N)cn1)C1CCCCCC1.N.[HH].[HH]. The van der Waals surface area contributed by atoms with E-state index in [1.807, 2.05) is 26.0 Å². The summed E-state index contributed by atoms with van der Waals surface area (Å²) in [5, 5.41) is 6.12.